The number of hydrogen-bond donors (Lipinski definition) is 2. The van der Waals surface area contributed by atoms with Gasteiger partial charge in [-0.15, -0.1) is 0 Å². The van der Waals surface area contributed by atoms with Gasteiger partial charge >= 0.3 is 0 Å². The summed E-state index contributed by atoms with van der Waals surface area (Å²) in [6.07, 6.45) is 0.649. The molecular formula is C28H28ClFO5. The van der Waals surface area contributed by atoms with Gasteiger partial charge in [-0.3, -0.25) is 0 Å². The van der Waals surface area contributed by atoms with Gasteiger partial charge in [0.05, 0.1) is 24.9 Å². The molecule has 2 aliphatic heterocycles. The molecule has 0 amide bonds. The fourth-order valence-electron chi connectivity index (χ4n) is 4.77. The van der Waals surface area contributed by atoms with Gasteiger partial charge in [0.1, 0.15) is 18.5 Å². The van der Waals surface area contributed by atoms with Crippen molar-refractivity contribution in [3.05, 3.63) is 93.8 Å². The minimum absolute atomic E-state index is 0.137. The topological polar surface area (TPSA) is 68.2 Å². The number of benzene rings is 3. The lowest BCUT2D eigenvalue weighted by Crippen LogP contribution is -2.33. The van der Waals surface area contributed by atoms with Gasteiger partial charge in [-0.05, 0) is 52.9 Å². The molecule has 5 nitrogen and oxygen atoms in total. The van der Waals surface area contributed by atoms with Gasteiger partial charge in [0.2, 0.25) is 0 Å². The van der Waals surface area contributed by atoms with Crippen LogP contribution in [0.3, 0.4) is 0 Å². The van der Waals surface area contributed by atoms with Crippen molar-refractivity contribution < 1.29 is 28.8 Å². The Labute approximate surface area is 209 Å². The molecule has 0 bridgehead atoms. The van der Waals surface area contributed by atoms with Crippen LogP contribution in [0.2, 0.25) is 5.02 Å². The van der Waals surface area contributed by atoms with E-state index in [2.05, 4.69) is 0 Å². The highest BCUT2D eigenvalue weighted by Crippen LogP contribution is 2.34. The van der Waals surface area contributed by atoms with Crippen LogP contribution in [0.4, 0.5) is 4.39 Å². The molecule has 4 unspecified atom stereocenters. The Balaban J connectivity index is 1.23. The maximum Gasteiger partial charge on any atom is 0.165 e. The van der Waals surface area contributed by atoms with Crippen molar-refractivity contribution >= 4 is 11.6 Å². The smallest absolute Gasteiger partial charge is 0.165 e. The molecule has 2 N–H and O–H groups in total. The fourth-order valence-corrected chi connectivity index (χ4v) is 4.96. The molecule has 7 heteroatoms. The maximum absolute atomic E-state index is 14.8. The molecule has 0 aromatic heterocycles. The highest BCUT2D eigenvalue weighted by atomic mass is 35.5. The molecule has 3 aromatic carbocycles. The van der Waals surface area contributed by atoms with Gasteiger partial charge in [-0.25, -0.2) is 4.39 Å². The van der Waals surface area contributed by atoms with Crippen molar-refractivity contribution in [1.29, 1.82) is 0 Å². The van der Waals surface area contributed by atoms with E-state index in [0.717, 1.165) is 34.4 Å². The maximum atomic E-state index is 14.8. The minimum atomic E-state index is -0.532. The molecular weight excluding hydrogens is 471 g/mol. The normalized spacial score (nSPS) is 23.5. The molecule has 1 fully saturated rings. The number of fused-ring (bicyclic) bond motifs is 1. The van der Waals surface area contributed by atoms with Crippen molar-refractivity contribution in [2.45, 2.75) is 50.1 Å². The van der Waals surface area contributed by atoms with Gasteiger partial charge in [0.25, 0.3) is 0 Å². The molecule has 0 aliphatic carbocycles. The summed E-state index contributed by atoms with van der Waals surface area (Å²) in [4.78, 5) is 0. The van der Waals surface area contributed by atoms with E-state index in [-0.39, 0.29) is 31.2 Å². The molecule has 35 heavy (non-hydrogen) atoms. The molecule has 5 rings (SSSR count). The minimum Gasteiger partial charge on any atom is -0.487 e. The van der Waals surface area contributed by atoms with E-state index in [1.165, 1.54) is 6.07 Å². The van der Waals surface area contributed by atoms with Crippen LogP contribution in [0.15, 0.2) is 60.7 Å². The number of aliphatic hydroxyl groups excluding tert-OH is 2. The summed E-state index contributed by atoms with van der Waals surface area (Å²) >= 11 is 6.44. The second kappa shape index (κ2) is 10.5. The van der Waals surface area contributed by atoms with Crippen LogP contribution in [-0.4, -0.2) is 41.7 Å². The molecule has 0 radical (unpaired) electrons. The van der Waals surface area contributed by atoms with Crippen molar-refractivity contribution in [1.82, 2.24) is 0 Å². The second-order valence-corrected chi connectivity index (χ2v) is 9.62. The predicted octanol–water partition coefficient (Wildman–Crippen LogP) is 5.03. The lowest BCUT2D eigenvalue weighted by molar-refractivity contribution is -0.113. The summed E-state index contributed by atoms with van der Waals surface area (Å²) in [7, 11) is 0. The molecule has 1 saturated heterocycles. The van der Waals surface area contributed by atoms with Crippen molar-refractivity contribution in [3.8, 4) is 11.5 Å². The quantitative estimate of drug-likeness (QED) is 0.478. The van der Waals surface area contributed by atoms with E-state index in [0.29, 0.717) is 24.3 Å². The number of hydrogen-bond acceptors (Lipinski definition) is 5. The summed E-state index contributed by atoms with van der Waals surface area (Å²) < 4.78 is 32.3. The van der Waals surface area contributed by atoms with E-state index in [1.54, 1.807) is 12.1 Å². The Morgan fingerprint density at radius 2 is 1.89 bits per heavy atom. The first kappa shape index (κ1) is 24.1. The van der Waals surface area contributed by atoms with Crippen LogP contribution < -0.4 is 9.47 Å². The first-order valence-corrected chi connectivity index (χ1v) is 12.2. The highest BCUT2D eigenvalue weighted by molar-refractivity contribution is 6.31. The van der Waals surface area contributed by atoms with Gasteiger partial charge in [-0.2, -0.15) is 0 Å². The predicted molar refractivity (Wildman–Crippen MR) is 131 cm³/mol. The van der Waals surface area contributed by atoms with E-state index < -0.39 is 18.0 Å². The van der Waals surface area contributed by atoms with Crippen LogP contribution >= 0.6 is 11.6 Å². The third-order valence-electron chi connectivity index (χ3n) is 6.55. The Kier molecular flexibility index (Phi) is 7.25. The summed E-state index contributed by atoms with van der Waals surface area (Å²) in [6.45, 7) is 0.127. The first-order chi connectivity index (χ1) is 17.0. The molecule has 2 heterocycles. The standard InChI is InChI=1S/C28H28ClFO5/c29-24-7-6-19(28-14-21(32)13-22(15-31)34-28)11-20(24)9-17-5-8-27(25(30)10-17)33-16-23-12-18-3-1-2-4-26(18)35-23/h1-8,10-11,21-23,28,31-32H,9,12-16H2. The highest BCUT2D eigenvalue weighted by Gasteiger charge is 2.29. The van der Waals surface area contributed by atoms with Gasteiger partial charge in [-0.1, -0.05) is 48.0 Å². The molecule has 0 spiro atoms. The van der Waals surface area contributed by atoms with Crippen molar-refractivity contribution in [2.75, 3.05) is 13.2 Å². The number of ether oxygens (including phenoxy) is 3. The van der Waals surface area contributed by atoms with Crippen LogP contribution in [0, 0.1) is 5.82 Å². The fraction of sp³-hybridized carbons (Fsp3) is 0.357. The molecule has 184 valence electrons. The summed E-state index contributed by atoms with van der Waals surface area (Å²) in [5.74, 6) is 0.610. The van der Waals surface area contributed by atoms with E-state index in [1.807, 2.05) is 42.5 Å². The van der Waals surface area contributed by atoms with Crippen LogP contribution in [0.25, 0.3) is 0 Å². The third-order valence-corrected chi connectivity index (χ3v) is 6.92. The molecule has 2 aliphatic rings. The van der Waals surface area contributed by atoms with Crippen molar-refractivity contribution in [2.24, 2.45) is 0 Å². The van der Waals surface area contributed by atoms with Crippen molar-refractivity contribution in [3.63, 3.8) is 0 Å². The second-order valence-electron chi connectivity index (χ2n) is 9.21. The first-order valence-electron chi connectivity index (χ1n) is 11.9. The molecule has 3 aromatic rings. The average Bonchev–Trinajstić information content (AvgIpc) is 3.27. The number of aliphatic hydroxyl groups is 2. The summed E-state index contributed by atoms with van der Waals surface area (Å²) in [6, 6.07) is 18.4. The Bertz CT molecular complexity index is 1160. The van der Waals surface area contributed by atoms with Gasteiger partial charge in [0.15, 0.2) is 11.6 Å². The average molecular weight is 499 g/mol. The van der Waals surface area contributed by atoms with Crippen LogP contribution in [0.1, 0.15) is 41.2 Å². The van der Waals surface area contributed by atoms with Gasteiger partial charge in [0, 0.05) is 24.3 Å². The Hall–Kier alpha value is -2.64. The SMILES string of the molecule is OCC1CC(O)CC(c2ccc(Cl)c(Cc3ccc(OCC4Cc5ccccc5O4)c(F)c3)c2)O1. The van der Waals surface area contributed by atoms with E-state index in [9.17, 15) is 14.6 Å². The van der Waals surface area contributed by atoms with Crippen LogP contribution in [-0.2, 0) is 17.6 Å². The summed E-state index contributed by atoms with van der Waals surface area (Å²) in [5, 5.41) is 20.2. The van der Waals surface area contributed by atoms with E-state index in [4.69, 9.17) is 25.8 Å². The zero-order chi connectivity index (χ0) is 24.4. The zero-order valence-electron chi connectivity index (χ0n) is 19.2. The molecule has 0 saturated carbocycles. The Morgan fingerprint density at radius 1 is 1.03 bits per heavy atom. The van der Waals surface area contributed by atoms with E-state index >= 15 is 0 Å². The zero-order valence-corrected chi connectivity index (χ0v) is 20.0. The molecule has 4 atom stereocenters. The lowest BCUT2D eigenvalue weighted by atomic mass is 9.94. The third kappa shape index (κ3) is 5.62. The summed E-state index contributed by atoms with van der Waals surface area (Å²) in [5.41, 5.74) is 3.60. The number of rotatable bonds is 7. The van der Waals surface area contributed by atoms with Gasteiger partial charge < -0.3 is 24.4 Å². The Morgan fingerprint density at radius 3 is 2.69 bits per heavy atom. The lowest BCUT2D eigenvalue weighted by Gasteiger charge is -2.32. The largest absolute Gasteiger partial charge is 0.487 e. The van der Waals surface area contributed by atoms with Crippen LogP contribution in [0.5, 0.6) is 11.5 Å². The number of para-hydroxylation sites is 1. The number of halogens is 2. The monoisotopic (exact) mass is 498 g/mol.